The second-order valence-corrected chi connectivity index (χ2v) is 6.44. The highest BCUT2D eigenvalue weighted by Crippen LogP contribution is 2.71. The summed E-state index contributed by atoms with van der Waals surface area (Å²) < 4.78 is 10.8. The van der Waals surface area contributed by atoms with E-state index >= 15 is 0 Å². The minimum Gasteiger partial charge on any atom is -0.349 e. The molecule has 0 aromatic rings. The summed E-state index contributed by atoms with van der Waals surface area (Å²) in [5.74, 6) is -3.17. The smallest absolute Gasteiger partial charge is 0.227 e. The summed E-state index contributed by atoms with van der Waals surface area (Å²) in [5.41, 5.74) is 0. The van der Waals surface area contributed by atoms with E-state index in [1.807, 2.05) is 0 Å². The molecule has 0 aromatic heterocycles. The quantitative estimate of drug-likeness (QED) is 0.440. The first-order chi connectivity index (χ1) is 8.41. The van der Waals surface area contributed by atoms with Crippen molar-refractivity contribution in [3.8, 4) is 0 Å². The first-order valence-electron chi connectivity index (χ1n) is 5.99. The molecule has 3 rings (SSSR count). The summed E-state index contributed by atoms with van der Waals surface area (Å²) in [6.07, 6.45) is 2.47. The van der Waals surface area contributed by atoms with Crippen LogP contribution in [0.25, 0.3) is 0 Å². The van der Waals surface area contributed by atoms with Crippen molar-refractivity contribution in [2.45, 2.75) is 34.8 Å². The van der Waals surface area contributed by atoms with Crippen LogP contribution in [0.5, 0.6) is 0 Å². The van der Waals surface area contributed by atoms with Crippen LogP contribution in [-0.2, 0) is 19.1 Å². The molecule has 0 spiro atoms. The van der Waals surface area contributed by atoms with Gasteiger partial charge in [0.05, 0.1) is 0 Å². The summed E-state index contributed by atoms with van der Waals surface area (Å²) in [4.78, 5) is 21.5. The fourth-order valence-electron chi connectivity index (χ4n) is 4.31. The van der Waals surface area contributed by atoms with Gasteiger partial charge in [0, 0.05) is 14.2 Å². The maximum atomic E-state index is 12.2. The van der Waals surface area contributed by atoms with E-state index in [0.29, 0.717) is 0 Å². The molecule has 0 N–H and O–H groups in total. The Labute approximate surface area is 115 Å². The number of hydrogen-bond donors (Lipinski definition) is 0. The van der Waals surface area contributed by atoms with Crippen LogP contribution >= 0.6 is 23.2 Å². The number of carbonyl (C=O) groups is 2. The van der Waals surface area contributed by atoms with Gasteiger partial charge in [-0.2, -0.15) is 0 Å². The number of fused-ring (bicyclic) bond motifs is 5. The molecule has 18 heavy (non-hydrogen) atoms. The standard InChI is InChI=1S/C12H14Cl2O4/c1-17-12(18-2)10(13)6-4-3-5-7(6)11(12,14)9(16)8(10)15/h6-7H,3-5H2,1-2H3/t6-,7+,10-,11+. The number of methoxy groups -OCH3 is 2. The van der Waals surface area contributed by atoms with Crippen LogP contribution in [0.4, 0.5) is 0 Å². The van der Waals surface area contributed by atoms with E-state index in [-0.39, 0.29) is 11.8 Å². The molecule has 0 aliphatic heterocycles. The number of Topliss-reactive ketones (excluding diaryl/α,β-unsaturated/α-hetero) is 2. The van der Waals surface area contributed by atoms with Gasteiger partial charge in [-0.05, 0) is 24.7 Å². The Morgan fingerprint density at radius 1 is 1.00 bits per heavy atom. The van der Waals surface area contributed by atoms with Gasteiger partial charge in [0.25, 0.3) is 0 Å². The van der Waals surface area contributed by atoms with Gasteiger partial charge < -0.3 is 9.47 Å². The van der Waals surface area contributed by atoms with Crippen LogP contribution in [0, 0.1) is 11.8 Å². The molecule has 0 aromatic carbocycles. The van der Waals surface area contributed by atoms with E-state index in [9.17, 15) is 9.59 Å². The van der Waals surface area contributed by atoms with E-state index < -0.39 is 27.1 Å². The van der Waals surface area contributed by atoms with Crippen LogP contribution < -0.4 is 0 Å². The summed E-state index contributed by atoms with van der Waals surface area (Å²) in [5, 5.41) is 0. The Bertz CT molecular complexity index is 411. The van der Waals surface area contributed by atoms with E-state index in [1.54, 1.807) is 0 Å². The molecular weight excluding hydrogens is 279 g/mol. The zero-order valence-electron chi connectivity index (χ0n) is 10.2. The van der Waals surface area contributed by atoms with Gasteiger partial charge in [0.15, 0.2) is 9.75 Å². The number of ether oxygens (including phenoxy) is 2. The molecule has 0 unspecified atom stereocenters. The van der Waals surface area contributed by atoms with Crippen LogP contribution in [0.2, 0.25) is 0 Å². The molecule has 0 amide bonds. The van der Waals surface area contributed by atoms with Crippen LogP contribution in [-0.4, -0.2) is 41.3 Å². The lowest BCUT2D eigenvalue weighted by Gasteiger charge is -2.38. The summed E-state index contributed by atoms with van der Waals surface area (Å²) in [7, 11) is 2.76. The van der Waals surface area contributed by atoms with Crippen LogP contribution in [0.1, 0.15) is 19.3 Å². The SMILES string of the molecule is COC1(OC)[C@@]2(Cl)C(=O)C(=O)[C@]1(Cl)[C@@H]1CCC[C@@H]12. The van der Waals surface area contributed by atoms with Gasteiger partial charge in [-0.15, -0.1) is 23.2 Å². The van der Waals surface area contributed by atoms with Crippen molar-refractivity contribution >= 4 is 34.8 Å². The highest BCUT2D eigenvalue weighted by molar-refractivity contribution is 6.66. The van der Waals surface area contributed by atoms with Crippen molar-refractivity contribution in [3.05, 3.63) is 0 Å². The van der Waals surface area contributed by atoms with Gasteiger partial charge >= 0.3 is 0 Å². The zero-order valence-corrected chi connectivity index (χ0v) is 11.7. The summed E-state index contributed by atoms with van der Waals surface area (Å²) in [6.45, 7) is 0. The highest BCUT2D eigenvalue weighted by Gasteiger charge is 2.89. The molecule has 3 aliphatic carbocycles. The molecule has 0 saturated heterocycles. The third-order valence-corrected chi connectivity index (χ3v) is 6.34. The lowest BCUT2D eigenvalue weighted by atomic mass is 9.79. The number of alkyl halides is 2. The Morgan fingerprint density at radius 2 is 1.39 bits per heavy atom. The van der Waals surface area contributed by atoms with Gasteiger partial charge in [-0.1, -0.05) is 6.42 Å². The topological polar surface area (TPSA) is 52.6 Å². The number of rotatable bonds is 2. The number of hydrogen-bond acceptors (Lipinski definition) is 4. The van der Waals surface area contributed by atoms with Gasteiger partial charge in [-0.25, -0.2) is 0 Å². The normalized spacial score (nSPS) is 48.9. The first-order valence-corrected chi connectivity index (χ1v) is 6.74. The second-order valence-electron chi connectivity index (χ2n) is 5.25. The first kappa shape index (κ1) is 12.9. The number of carbonyl (C=O) groups excluding carboxylic acids is 2. The Morgan fingerprint density at radius 3 is 1.72 bits per heavy atom. The second kappa shape index (κ2) is 3.48. The van der Waals surface area contributed by atoms with Gasteiger partial charge in [-0.3, -0.25) is 9.59 Å². The monoisotopic (exact) mass is 292 g/mol. The average molecular weight is 293 g/mol. The fraction of sp³-hybridized carbons (Fsp3) is 0.833. The van der Waals surface area contributed by atoms with E-state index in [2.05, 4.69) is 0 Å². The molecule has 3 fully saturated rings. The van der Waals surface area contributed by atoms with Crippen molar-refractivity contribution in [2.24, 2.45) is 11.8 Å². The molecule has 6 heteroatoms. The van der Waals surface area contributed by atoms with E-state index in [1.165, 1.54) is 14.2 Å². The molecule has 3 aliphatic rings. The third kappa shape index (κ3) is 0.912. The zero-order chi connectivity index (χ0) is 13.3. The number of ketones is 2. The number of halogens is 2. The molecule has 4 atom stereocenters. The summed E-state index contributed by atoms with van der Waals surface area (Å²) in [6, 6.07) is 0. The lowest BCUT2D eigenvalue weighted by molar-refractivity contribution is -0.223. The average Bonchev–Trinajstić information content (AvgIpc) is 2.94. The minimum absolute atomic E-state index is 0.151. The molecule has 4 nitrogen and oxygen atoms in total. The molecule has 0 radical (unpaired) electrons. The molecule has 100 valence electrons. The predicted octanol–water partition coefficient (Wildman–Crippen LogP) is 1.51. The van der Waals surface area contributed by atoms with Gasteiger partial charge in [0.2, 0.25) is 17.4 Å². The maximum absolute atomic E-state index is 12.2. The fourth-order valence-corrected chi connectivity index (χ4v) is 5.66. The van der Waals surface area contributed by atoms with Gasteiger partial charge in [0.1, 0.15) is 0 Å². The van der Waals surface area contributed by atoms with Crippen LogP contribution in [0.15, 0.2) is 0 Å². The summed E-state index contributed by atoms with van der Waals surface area (Å²) >= 11 is 13.1. The molecule has 3 saturated carbocycles. The highest BCUT2D eigenvalue weighted by atomic mass is 35.5. The Kier molecular flexibility index (Phi) is 2.49. The molecular formula is C12H14Cl2O4. The van der Waals surface area contributed by atoms with E-state index in [0.717, 1.165) is 19.3 Å². The maximum Gasteiger partial charge on any atom is 0.227 e. The minimum atomic E-state index is -1.55. The van der Waals surface area contributed by atoms with Crippen molar-refractivity contribution in [2.75, 3.05) is 14.2 Å². The Balaban J connectivity index is 2.30. The van der Waals surface area contributed by atoms with Crippen LogP contribution in [0.3, 0.4) is 0 Å². The predicted molar refractivity (Wildman–Crippen MR) is 64.8 cm³/mol. The van der Waals surface area contributed by atoms with Crippen molar-refractivity contribution in [3.63, 3.8) is 0 Å². The Hall–Kier alpha value is -0.160. The van der Waals surface area contributed by atoms with E-state index in [4.69, 9.17) is 32.7 Å². The lowest BCUT2D eigenvalue weighted by Crippen LogP contribution is -2.57. The van der Waals surface area contributed by atoms with Crippen molar-refractivity contribution in [1.29, 1.82) is 0 Å². The van der Waals surface area contributed by atoms with Crippen molar-refractivity contribution < 1.29 is 19.1 Å². The molecule has 0 heterocycles. The molecule has 2 bridgehead atoms. The third-order valence-electron chi connectivity index (χ3n) is 4.94. The van der Waals surface area contributed by atoms with Crippen molar-refractivity contribution in [1.82, 2.24) is 0 Å². The largest absolute Gasteiger partial charge is 0.349 e.